The smallest absolute Gasteiger partial charge is 0.410 e. The second kappa shape index (κ2) is 10.6. The van der Waals surface area contributed by atoms with Crippen LogP contribution in [0.3, 0.4) is 0 Å². The summed E-state index contributed by atoms with van der Waals surface area (Å²) in [4.78, 5) is 31.1. The summed E-state index contributed by atoms with van der Waals surface area (Å²) < 4.78 is 5.46. The molecule has 3 rings (SSSR count). The van der Waals surface area contributed by atoms with Crippen molar-refractivity contribution in [3.05, 3.63) is 57.3 Å². The van der Waals surface area contributed by atoms with E-state index in [2.05, 4.69) is 15.6 Å². The predicted molar refractivity (Wildman–Crippen MR) is 128 cm³/mol. The molecular formula is C23H28Cl2N4O4. The zero-order valence-electron chi connectivity index (χ0n) is 18.8. The fourth-order valence-corrected chi connectivity index (χ4v) is 4.07. The minimum atomic E-state index is -0.574. The summed E-state index contributed by atoms with van der Waals surface area (Å²) in [5.74, 6) is 0. The Hall–Kier alpha value is -2.55. The average Bonchev–Trinajstić information content (AvgIpc) is 2.71. The largest absolute Gasteiger partial charge is 0.444 e. The van der Waals surface area contributed by atoms with Crippen molar-refractivity contribution >= 4 is 41.0 Å². The lowest BCUT2D eigenvalue weighted by atomic mass is 10.0. The number of aromatic nitrogens is 1. The zero-order chi connectivity index (χ0) is 24.2. The van der Waals surface area contributed by atoms with E-state index in [1.165, 1.54) is 0 Å². The van der Waals surface area contributed by atoms with Gasteiger partial charge in [-0.1, -0.05) is 23.2 Å². The summed E-state index contributed by atoms with van der Waals surface area (Å²) >= 11 is 12.2. The summed E-state index contributed by atoms with van der Waals surface area (Å²) in [6.07, 6.45) is 2.10. The van der Waals surface area contributed by atoms with Crippen LogP contribution in [-0.2, 0) is 17.7 Å². The number of pyridine rings is 1. The highest BCUT2D eigenvalue weighted by atomic mass is 35.5. The van der Waals surface area contributed by atoms with Crippen LogP contribution in [0.4, 0.5) is 15.3 Å². The molecule has 1 aromatic heterocycles. The van der Waals surface area contributed by atoms with E-state index in [-0.39, 0.29) is 19.1 Å². The molecule has 2 heterocycles. The number of carbonyl (C=O) groups is 2. The van der Waals surface area contributed by atoms with Gasteiger partial charge in [-0.2, -0.15) is 0 Å². The fourth-order valence-electron chi connectivity index (χ4n) is 3.53. The van der Waals surface area contributed by atoms with Crippen molar-refractivity contribution in [1.29, 1.82) is 0 Å². The molecule has 1 unspecified atom stereocenters. The molecule has 3 N–H and O–H groups in total. The van der Waals surface area contributed by atoms with Crippen molar-refractivity contribution in [3.8, 4) is 0 Å². The molecule has 1 atom stereocenters. The van der Waals surface area contributed by atoms with Gasteiger partial charge in [-0.3, -0.25) is 4.98 Å². The zero-order valence-corrected chi connectivity index (χ0v) is 20.3. The van der Waals surface area contributed by atoms with Gasteiger partial charge in [0.1, 0.15) is 5.60 Å². The molecule has 0 radical (unpaired) electrons. The number of anilines is 1. The molecule has 33 heavy (non-hydrogen) atoms. The van der Waals surface area contributed by atoms with Crippen molar-refractivity contribution in [2.45, 2.75) is 51.8 Å². The molecule has 0 fully saturated rings. The highest BCUT2D eigenvalue weighted by Gasteiger charge is 2.26. The molecule has 1 aliphatic heterocycles. The molecule has 0 saturated heterocycles. The number of benzene rings is 1. The van der Waals surface area contributed by atoms with Crippen molar-refractivity contribution in [3.63, 3.8) is 0 Å². The van der Waals surface area contributed by atoms with Crippen molar-refractivity contribution < 1.29 is 19.4 Å². The number of fused-ring (bicyclic) bond motifs is 1. The summed E-state index contributed by atoms with van der Waals surface area (Å²) in [6, 6.07) is 5.84. The first-order valence-electron chi connectivity index (χ1n) is 10.6. The van der Waals surface area contributed by atoms with E-state index in [0.29, 0.717) is 40.8 Å². The van der Waals surface area contributed by atoms with Crippen molar-refractivity contribution in [1.82, 2.24) is 15.2 Å². The Morgan fingerprint density at radius 2 is 1.91 bits per heavy atom. The van der Waals surface area contributed by atoms with Crippen LogP contribution in [0.15, 0.2) is 30.5 Å². The Balaban J connectivity index is 1.68. The van der Waals surface area contributed by atoms with Crippen LogP contribution in [-0.4, -0.2) is 45.9 Å². The minimum absolute atomic E-state index is 0.129. The van der Waals surface area contributed by atoms with Crippen LogP contribution >= 0.6 is 23.2 Å². The minimum Gasteiger partial charge on any atom is -0.444 e. The lowest BCUT2D eigenvalue weighted by Gasteiger charge is -2.31. The van der Waals surface area contributed by atoms with Crippen molar-refractivity contribution in [2.24, 2.45) is 0 Å². The van der Waals surface area contributed by atoms with Gasteiger partial charge in [-0.15, -0.1) is 0 Å². The lowest BCUT2D eigenvalue weighted by Crippen LogP contribution is -2.40. The van der Waals surface area contributed by atoms with Gasteiger partial charge in [-0.25, -0.2) is 9.59 Å². The number of rotatable bonds is 5. The molecule has 10 heteroatoms. The van der Waals surface area contributed by atoms with Gasteiger partial charge in [0.15, 0.2) is 0 Å². The highest BCUT2D eigenvalue weighted by Crippen LogP contribution is 2.26. The van der Waals surface area contributed by atoms with E-state index < -0.39 is 17.7 Å². The first-order valence-corrected chi connectivity index (χ1v) is 11.4. The molecule has 0 aliphatic carbocycles. The first kappa shape index (κ1) is 25.1. The molecule has 2 aromatic rings. The van der Waals surface area contributed by atoms with E-state index >= 15 is 0 Å². The number of hydrogen-bond acceptors (Lipinski definition) is 5. The number of urea groups is 1. The number of nitrogens with zero attached hydrogens (tertiary/aromatic N) is 2. The van der Waals surface area contributed by atoms with Crippen LogP contribution in [0.5, 0.6) is 0 Å². The van der Waals surface area contributed by atoms with Gasteiger partial charge in [0.2, 0.25) is 0 Å². The molecule has 3 amide bonds. The van der Waals surface area contributed by atoms with Crippen molar-refractivity contribution in [2.75, 3.05) is 18.5 Å². The summed E-state index contributed by atoms with van der Waals surface area (Å²) in [6.45, 7) is 6.22. The number of carbonyl (C=O) groups excluding carboxylic acids is 2. The van der Waals surface area contributed by atoms with Gasteiger partial charge >= 0.3 is 12.1 Å². The molecule has 0 saturated carbocycles. The number of aliphatic hydroxyl groups is 1. The van der Waals surface area contributed by atoms with Gasteiger partial charge < -0.3 is 25.4 Å². The Bertz CT molecular complexity index is 1010. The molecule has 1 aromatic carbocycles. The maximum Gasteiger partial charge on any atom is 0.410 e. The number of amides is 3. The predicted octanol–water partition coefficient (Wildman–Crippen LogP) is 4.93. The normalized spacial score (nSPS) is 14.3. The molecule has 178 valence electrons. The molecule has 1 aliphatic rings. The Kier molecular flexibility index (Phi) is 8.05. The summed E-state index contributed by atoms with van der Waals surface area (Å²) in [5, 5.41) is 15.9. The standard InChI is InChI=1S/C23H28Cl2N4O4/c1-23(2,3)33-22(32)29-6-4-19-15(13-29)10-18(12-26-19)27-21(31)28-20(5-7-30)14-8-16(24)11-17(25)9-14/h8-12,20,30H,4-7,13H2,1-3H3,(H2,27,28,31). The van der Waals surface area contributed by atoms with Gasteiger partial charge in [-0.05, 0) is 62.6 Å². The Morgan fingerprint density at radius 3 is 2.55 bits per heavy atom. The van der Waals surface area contributed by atoms with Crippen LogP contribution in [0, 0.1) is 0 Å². The quantitative estimate of drug-likeness (QED) is 0.546. The Morgan fingerprint density at radius 1 is 1.21 bits per heavy atom. The maximum absolute atomic E-state index is 12.7. The van der Waals surface area contributed by atoms with Crippen LogP contribution in [0.25, 0.3) is 0 Å². The van der Waals surface area contributed by atoms with Crippen LogP contribution < -0.4 is 10.6 Å². The fraction of sp³-hybridized carbons (Fsp3) is 0.435. The SMILES string of the molecule is CC(C)(C)OC(=O)N1CCc2ncc(NC(=O)NC(CCO)c3cc(Cl)cc(Cl)c3)cc2C1. The third kappa shape index (κ3) is 7.22. The topological polar surface area (TPSA) is 104 Å². The first-order chi connectivity index (χ1) is 15.5. The lowest BCUT2D eigenvalue weighted by molar-refractivity contribution is 0.0222. The molecule has 0 spiro atoms. The third-order valence-electron chi connectivity index (χ3n) is 4.96. The highest BCUT2D eigenvalue weighted by molar-refractivity contribution is 6.34. The van der Waals surface area contributed by atoms with E-state index in [9.17, 15) is 14.7 Å². The maximum atomic E-state index is 12.7. The van der Waals surface area contributed by atoms with Gasteiger partial charge in [0, 0.05) is 35.3 Å². The second-order valence-electron chi connectivity index (χ2n) is 8.85. The average molecular weight is 495 g/mol. The van der Waals surface area contributed by atoms with E-state index in [1.807, 2.05) is 20.8 Å². The summed E-state index contributed by atoms with van der Waals surface area (Å²) in [7, 11) is 0. The van der Waals surface area contributed by atoms with Crippen LogP contribution in [0.1, 0.15) is 50.1 Å². The number of aliphatic hydroxyl groups excluding tert-OH is 1. The van der Waals surface area contributed by atoms with Gasteiger partial charge in [0.05, 0.1) is 24.5 Å². The number of ether oxygens (including phenoxy) is 1. The molecule has 0 bridgehead atoms. The molecule has 8 nitrogen and oxygen atoms in total. The number of halogens is 2. The number of hydrogen-bond donors (Lipinski definition) is 3. The van der Waals surface area contributed by atoms with E-state index in [0.717, 1.165) is 11.3 Å². The third-order valence-corrected chi connectivity index (χ3v) is 5.40. The van der Waals surface area contributed by atoms with Gasteiger partial charge in [0.25, 0.3) is 0 Å². The van der Waals surface area contributed by atoms with Crippen LogP contribution in [0.2, 0.25) is 10.0 Å². The second-order valence-corrected chi connectivity index (χ2v) is 9.72. The van der Waals surface area contributed by atoms with E-state index in [4.69, 9.17) is 27.9 Å². The Labute approximate surface area is 203 Å². The number of nitrogens with one attached hydrogen (secondary N) is 2. The monoisotopic (exact) mass is 494 g/mol. The van der Waals surface area contributed by atoms with E-state index in [1.54, 1.807) is 35.4 Å². The molecular weight excluding hydrogens is 467 g/mol. The summed E-state index contributed by atoms with van der Waals surface area (Å²) in [5.41, 5.74) is 2.33.